The van der Waals surface area contributed by atoms with Gasteiger partial charge in [-0.3, -0.25) is 4.79 Å². The largest absolute Gasteiger partial charge is 0.494 e. The molecule has 1 aromatic carbocycles. The molecule has 0 radical (unpaired) electrons. The van der Waals surface area contributed by atoms with E-state index in [1.807, 2.05) is 25.1 Å². The molecule has 134 valence electrons. The molecule has 25 heavy (non-hydrogen) atoms. The van der Waals surface area contributed by atoms with E-state index in [1.54, 1.807) is 0 Å². The lowest BCUT2D eigenvalue weighted by molar-refractivity contribution is -0.122. The molecule has 2 fully saturated rings. The van der Waals surface area contributed by atoms with E-state index in [-0.39, 0.29) is 30.2 Å². The first-order valence-electron chi connectivity index (χ1n) is 8.30. The van der Waals surface area contributed by atoms with Crippen LogP contribution in [0.2, 0.25) is 0 Å². The molecule has 1 saturated carbocycles. The molecule has 1 saturated heterocycles. The van der Waals surface area contributed by atoms with Crippen molar-refractivity contribution in [3.63, 3.8) is 0 Å². The second kappa shape index (κ2) is 6.22. The van der Waals surface area contributed by atoms with Crippen LogP contribution in [0.15, 0.2) is 18.2 Å². The molecule has 9 heteroatoms. The standard InChI is InChI=1S/C16H19N3O4S2/c1-2-23-11-3-6-13-14(7-11)24-16(17-13)18-15(20)10-8-19(9-10)25(21,22)12-4-5-12/h3,6-7,10,12H,2,4-5,8-9H2,1H3,(H,17,18,20). The molecule has 1 aliphatic heterocycles. The van der Waals surface area contributed by atoms with Crippen LogP contribution in [0.5, 0.6) is 5.75 Å². The molecule has 1 N–H and O–H groups in total. The number of ether oxygens (including phenoxy) is 1. The zero-order valence-corrected chi connectivity index (χ0v) is 15.4. The predicted octanol–water partition coefficient (Wildman–Crippen LogP) is 2.06. The molecule has 1 amide bonds. The van der Waals surface area contributed by atoms with Gasteiger partial charge in [-0.25, -0.2) is 13.4 Å². The van der Waals surface area contributed by atoms with Crippen LogP contribution in [0.1, 0.15) is 19.8 Å². The maximum absolute atomic E-state index is 12.3. The number of sulfonamides is 1. The number of carbonyl (C=O) groups is 1. The van der Waals surface area contributed by atoms with Crippen LogP contribution in [-0.2, 0) is 14.8 Å². The molecular formula is C16H19N3O4S2. The van der Waals surface area contributed by atoms with Crippen LogP contribution < -0.4 is 10.1 Å². The Bertz CT molecular complexity index is 915. The van der Waals surface area contributed by atoms with Crippen LogP contribution in [0, 0.1) is 5.92 Å². The first-order chi connectivity index (χ1) is 12.0. The van der Waals surface area contributed by atoms with Crippen LogP contribution in [-0.4, -0.2) is 48.6 Å². The fraction of sp³-hybridized carbons (Fsp3) is 0.500. The van der Waals surface area contributed by atoms with E-state index in [0.29, 0.717) is 11.7 Å². The van der Waals surface area contributed by atoms with E-state index in [0.717, 1.165) is 28.8 Å². The maximum atomic E-state index is 12.3. The van der Waals surface area contributed by atoms with Crippen molar-refractivity contribution < 1.29 is 17.9 Å². The van der Waals surface area contributed by atoms with Gasteiger partial charge < -0.3 is 10.1 Å². The van der Waals surface area contributed by atoms with Gasteiger partial charge in [0.15, 0.2) is 5.13 Å². The fourth-order valence-corrected chi connectivity index (χ4v) is 5.64. The minimum absolute atomic E-state index is 0.175. The molecule has 2 aliphatic rings. The third-order valence-corrected chi connectivity index (χ3v) is 7.69. The summed E-state index contributed by atoms with van der Waals surface area (Å²) in [5.74, 6) is 0.294. The summed E-state index contributed by atoms with van der Waals surface area (Å²) in [6, 6.07) is 5.61. The smallest absolute Gasteiger partial charge is 0.231 e. The third kappa shape index (κ3) is 3.23. The number of amides is 1. The Morgan fingerprint density at radius 2 is 2.16 bits per heavy atom. The number of rotatable bonds is 6. The van der Waals surface area contributed by atoms with Crippen molar-refractivity contribution in [2.45, 2.75) is 25.0 Å². The molecule has 7 nitrogen and oxygen atoms in total. The molecular weight excluding hydrogens is 362 g/mol. The number of aromatic nitrogens is 1. The topological polar surface area (TPSA) is 88.6 Å². The summed E-state index contributed by atoms with van der Waals surface area (Å²) < 4.78 is 32.0. The number of carbonyl (C=O) groups excluding carboxylic acids is 1. The number of nitrogens with one attached hydrogen (secondary N) is 1. The first kappa shape index (κ1) is 16.7. The lowest BCUT2D eigenvalue weighted by Crippen LogP contribution is -2.55. The van der Waals surface area contributed by atoms with E-state index in [9.17, 15) is 13.2 Å². The zero-order valence-electron chi connectivity index (χ0n) is 13.8. The van der Waals surface area contributed by atoms with E-state index >= 15 is 0 Å². The molecule has 0 bridgehead atoms. The monoisotopic (exact) mass is 381 g/mol. The van der Waals surface area contributed by atoms with Gasteiger partial charge in [0, 0.05) is 13.1 Å². The average Bonchev–Trinajstić information content (AvgIpc) is 3.28. The summed E-state index contributed by atoms with van der Waals surface area (Å²) in [4.78, 5) is 16.7. The quantitative estimate of drug-likeness (QED) is 0.827. The lowest BCUT2D eigenvalue weighted by atomic mass is 10.0. The van der Waals surface area contributed by atoms with Crippen molar-refractivity contribution in [1.82, 2.24) is 9.29 Å². The normalized spacial score (nSPS) is 18.9. The summed E-state index contributed by atoms with van der Waals surface area (Å²) in [5.41, 5.74) is 0.801. The number of fused-ring (bicyclic) bond motifs is 1. The number of thiazole rings is 1. The number of hydrogen-bond acceptors (Lipinski definition) is 6. The van der Waals surface area contributed by atoms with Gasteiger partial charge in [0.25, 0.3) is 0 Å². The van der Waals surface area contributed by atoms with E-state index in [2.05, 4.69) is 10.3 Å². The Kier molecular flexibility index (Phi) is 4.17. The molecule has 1 aliphatic carbocycles. The number of hydrogen-bond donors (Lipinski definition) is 1. The molecule has 0 unspecified atom stereocenters. The Morgan fingerprint density at radius 3 is 2.84 bits per heavy atom. The van der Waals surface area contributed by atoms with Crippen molar-refractivity contribution in [1.29, 1.82) is 0 Å². The minimum Gasteiger partial charge on any atom is -0.494 e. The summed E-state index contributed by atoms with van der Waals surface area (Å²) in [6.07, 6.45) is 1.48. The number of benzene rings is 1. The second-order valence-electron chi connectivity index (χ2n) is 6.33. The van der Waals surface area contributed by atoms with Crippen LogP contribution >= 0.6 is 11.3 Å². The maximum Gasteiger partial charge on any atom is 0.231 e. The van der Waals surface area contributed by atoms with Gasteiger partial charge in [-0.05, 0) is 38.0 Å². The van der Waals surface area contributed by atoms with Gasteiger partial charge in [-0.15, -0.1) is 0 Å². The Balaban J connectivity index is 1.39. The highest BCUT2D eigenvalue weighted by molar-refractivity contribution is 7.90. The van der Waals surface area contributed by atoms with E-state index in [1.165, 1.54) is 15.6 Å². The Hall–Kier alpha value is -1.71. The third-order valence-electron chi connectivity index (χ3n) is 4.43. The highest BCUT2D eigenvalue weighted by Gasteiger charge is 2.47. The van der Waals surface area contributed by atoms with Gasteiger partial charge in [-0.1, -0.05) is 11.3 Å². The predicted molar refractivity (Wildman–Crippen MR) is 96.4 cm³/mol. The number of nitrogens with zero attached hydrogens (tertiary/aromatic N) is 2. The summed E-state index contributed by atoms with van der Waals surface area (Å²) in [7, 11) is -3.17. The van der Waals surface area contributed by atoms with Crippen molar-refractivity contribution >= 4 is 42.6 Å². The van der Waals surface area contributed by atoms with Crippen molar-refractivity contribution in [2.75, 3.05) is 25.0 Å². The van der Waals surface area contributed by atoms with Crippen LogP contribution in [0.4, 0.5) is 5.13 Å². The zero-order chi connectivity index (χ0) is 17.6. The summed E-state index contributed by atoms with van der Waals surface area (Å²) >= 11 is 1.38. The average molecular weight is 381 g/mol. The molecule has 2 heterocycles. The molecule has 0 atom stereocenters. The second-order valence-corrected chi connectivity index (χ2v) is 9.57. The molecule has 1 aromatic heterocycles. The Morgan fingerprint density at radius 1 is 1.40 bits per heavy atom. The Labute approximate surface area is 150 Å². The van der Waals surface area contributed by atoms with Gasteiger partial charge >= 0.3 is 0 Å². The minimum atomic E-state index is -3.17. The SMILES string of the molecule is CCOc1ccc2nc(NC(=O)C3CN(S(=O)(=O)C4CC4)C3)sc2c1. The van der Waals surface area contributed by atoms with Crippen molar-refractivity contribution in [3.05, 3.63) is 18.2 Å². The van der Waals surface area contributed by atoms with Gasteiger partial charge in [-0.2, -0.15) is 4.31 Å². The van der Waals surface area contributed by atoms with Gasteiger partial charge in [0.1, 0.15) is 5.75 Å². The first-order valence-corrected chi connectivity index (χ1v) is 10.6. The number of anilines is 1. The van der Waals surface area contributed by atoms with Gasteiger partial charge in [0.05, 0.1) is 28.0 Å². The highest BCUT2D eigenvalue weighted by Crippen LogP contribution is 2.35. The molecule has 0 spiro atoms. The van der Waals surface area contributed by atoms with Crippen LogP contribution in [0.25, 0.3) is 10.2 Å². The van der Waals surface area contributed by atoms with E-state index < -0.39 is 10.0 Å². The summed E-state index contributed by atoms with van der Waals surface area (Å²) in [5, 5.41) is 3.11. The highest BCUT2D eigenvalue weighted by atomic mass is 32.2. The van der Waals surface area contributed by atoms with Crippen molar-refractivity contribution in [3.8, 4) is 5.75 Å². The fourth-order valence-electron chi connectivity index (χ4n) is 2.81. The summed E-state index contributed by atoms with van der Waals surface area (Å²) in [6.45, 7) is 3.05. The van der Waals surface area contributed by atoms with Gasteiger partial charge in [0.2, 0.25) is 15.9 Å². The molecule has 4 rings (SSSR count). The molecule has 2 aromatic rings. The van der Waals surface area contributed by atoms with E-state index in [4.69, 9.17) is 4.74 Å². The lowest BCUT2D eigenvalue weighted by Gasteiger charge is -2.36. The van der Waals surface area contributed by atoms with Crippen LogP contribution in [0.3, 0.4) is 0 Å². The van der Waals surface area contributed by atoms with Crippen molar-refractivity contribution in [2.24, 2.45) is 5.92 Å².